The van der Waals surface area contributed by atoms with E-state index < -0.39 is 0 Å². The van der Waals surface area contributed by atoms with E-state index in [4.69, 9.17) is 14.6 Å². The Balaban J connectivity index is 0.000000171. The molecule has 17 heavy (non-hydrogen) atoms. The van der Waals surface area contributed by atoms with E-state index in [1.54, 1.807) is 19.4 Å². The summed E-state index contributed by atoms with van der Waals surface area (Å²) in [4.78, 5) is 0. The van der Waals surface area contributed by atoms with Crippen molar-refractivity contribution in [2.24, 2.45) is 0 Å². The molecule has 1 aliphatic rings. The summed E-state index contributed by atoms with van der Waals surface area (Å²) in [6.45, 7) is 1.45. The second-order valence-electron chi connectivity index (χ2n) is 3.83. The predicted molar refractivity (Wildman–Crippen MR) is 67.5 cm³/mol. The Hall–Kier alpha value is -1.32. The number of benzene rings is 1. The lowest BCUT2D eigenvalue weighted by molar-refractivity contribution is 0.185. The normalized spacial score (nSPS) is 18.6. The third-order valence-corrected chi connectivity index (χ3v) is 2.31. The minimum Gasteiger partial charge on any atom is -0.501 e. The highest BCUT2D eigenvalue weighted by Gasteiger charge is 2.00. The molecule has 3 heteroatoms. The average molecular weight is 236 g/mol. The molecular weight excluding hydrogens is 216 g/mol. The van der Waals surface area contributed by atoms with E-state index >= 15 is 0 Å². The highest BCUT2D eigenvalue weighted by molar-refractivity contribution is 5.13. The van der Waals surface area contributed by atoms with Gasteiger partial charge in [0.2, 0.25) is 0 Å². The van der Waals surface area contributed by atoms with Crippen LogP contribution in [-0.4, -0.2) is 24.9 Å². The van der Waals surface area contributed by atoms with Gasteiger partial charge in [0.05, 0.1) is 25.6 Å². The van der Waals surface area contributed by atoms with Gasteiger partial charge in [0.1, 0.15) is 0 Å². The van der Waals surface area contributed by atoms with Crippen LogP contribution < -0.4 is 0 Å². The van der Waals surface area contributed by atoms with Crippen LogP contribution in [0.15, 0.2) is 42.7 Å². The first-order chi connectivity index (χ1) is 8.33. The van der Waals surface area contributed by atoms with Crippen molar-refractivity contribution >= 4 is 0 Å². The molecule has 0 spiro atoms. The van der Waals surface area contributed by atoms with Crippen LogP contribution in [-0.2, 0) is 16.1 Å². The first kappa shape index (κ1) is 13.7. The van der Waals surface area contributed by atoms with Gasteiger partial charge in [-0.05, 0) is 24.5 Å². The van der Waals surface area contributed by atoms with Gasteiger partial charge in [-0.25, -0.2) is 0 Å². The van der Waals surface area contributed by atoms with Gasteiger partial charge < -0.3 is 14.6 Å². The van der Waals surface area contributed by atoms with Gasteiger partial charge >= 0.3 is 0 Å². The Labute approximate surface area is 103 Å². The maximum absolute atomic E-state index is 8.92. The molecule has 1 aromatic rings. The van der Waals surface area contributed by atoms with Crippen molar-refractivity contribution in [3.8, 4) is 0 Å². The quantitative estimate of drug-likeness (QED) is 0.857. The zero-order chi connectivity index (χ0) is 12.3. The molecule has 0 bridgehead atoms. The highest BCUT2D eigenvalue weighted by atomic mass is 16.5. The molecular formula is C14H20O3. The topological polar surface area (TPSA) is 38.7 Å². The Kier molecular flexibility index (Phi) is 7.11. The molecule has 0 amide bonds. The SMILES string of the molecule is COCc1ccccc1.O[C@@H]1C=COCCC1. The number of aliphatic hydroxyl groups is 1. The van der Waals surface area contributed by atoms with Crippen LogP contribution in [0.2, 0.25) is 0 Å². The fourth-order valence-electron chi connectivity index (χ4n) is 1.43. The fraction of sp³-hybridized carbons (Fsp3) is 0.429. The zero-order valence-electron chi connectivity index (χ0n) is 10.2. The molecule has 0 fully saturated rings. The van der Waals surface area contributed by atoms with Gasteiger partial charge in [-0.3, -0.25) is 0 Å². The fourth-order valence-corrected chi connectivity index (χ4v) is 1.43. The van der Waals surface area contributed by atoms with Crippen LogP contribution in [0.3, 0.4) is 0 Å². The second kappa shape index (κ2) is 8.79. The third-order valence-electron chi connectivity index (χ3n) is 2.31. The van der Waals surface area contributed by atoms with Crippen molar-refractivity contribution < 1.29 is 14.6 Å². The number of rotatable bonds is 2. The van der Waals surface area contributed by atoms with E-state index in [2.05, 4.69) is 0 Å². The molecule has 0 aliphatic carbocycles. The summed E-state index contributed by atoms with van der Waals surface area (Å²) in [5.74, 6) is 0. The zero-order valence-corrected chi connectivity index (χ0v) is 10.2. The molecule has 0 saturated carbocycles. The van der Waals surface area contributed by atoms with Crippen LogP contribution in [0.4, 0.5) is 0 Å². The largest absolute Gasteiger partial charge is 0.501 e. The number of hydrogen-bond donors (Lipinski definition) is 1. The molecule has 94 valence electrons. The van der Waals surface area contributed by atoms with E-state index in [0.717, 1.165) is 19.4 Å². The number of aliphatic hydroxyl groups excluding tert-OH is 1. The smallest absolute Gasteiger partial charge is 0.0874 e. The van der Waals surface area contributed by atoms with Gasteiger partial charge in [0.15, 0.2) is 0 Å². The molecule has 3 nitrogen and oxygen atoms in total. The third kappa shape index (κ3) is 6.76. The van der Waals surface area contributed by atoms with Gasteiger partial charge in [-0.1, -0.05) is 30.3 Å². The molecule has 2 rings (SSSR count). The summed E-state index contributed by atoms with van der Waals surface area (Å²) in [6, 6.07) is 10.1. The van der Waals surface area contributed by atoms with Crippen molar-refractivity contribution in [1.29, 1.82) is 0 Å². The van der Waals surface area contributed by atoms with Gasteiger partial charge in [0.25, 0.3) is 0 Å². The molecule has 1 N–H and O–H groups in total. The lowest BCUT2D eigenvalue weighted by Crippen LogP contribution is -1.99. The van der Waals surface area contributed by atoms with Crippen LogP contribution >= 0.6 is 0 Å². The predicted octanol–water partition coefficient (Wildman–Crippen LogP) is 2.50. The summed E-state index contributed by atoms with van der Waals surface area (Å²) in [5, 5.41) is 8.92. The minimum absolute atomic E-state index is 0.280. The molecule has 1 heterocycles. The molecule has 1 aliphatic heterocycles. The minimum atomic E-state index is -0.280. The Morgan fingerprint density at radius 2 is 2.12 bits per heavy atom. The van der Waals surface area contributed by atoms with E-state index in [1.807, 2.05) is 30.3 Å². The van der Waals surface area contributed by atoms with E-state index in [0.29, 0.717) is 6.61 Å². The van der Waals surface area contributed by atoms with Gasteiger partial charge in [-0.2, -0.15) is 0 Å². The maximum atomic E-state index is 8.92. The number of ether oxygens (including phenoxy) is 2. The van der Waals surface area contributed by atoms with E-state index in [1.165, 1.54) is 5.56 Å². The van der Waals surface area contributed by atoms with Crippen LogP contribution in [0.1, 0.15) is 18.4 Å². The maximum Gasteiger partial charge on any atom is 0.0874 e. The Bertz CT molecular complexity index is 309. The first-order valence-corrected chi connectivity index (χ1v) is 5.82. The number of hydrogen-bond acceptors (Lipinski definition) is 3. The lowest BCUT2D eigenvalue weighted by Gasteiger charge is -1.96. The monoisotopic (exact) mass is 236 g/mol. The van der Waals surface area contributed by atoms with Crippen LogP contribution in [0.5, 0.6) is 0 Å². The van der Waals surface area contributed by atoms with E-state index in [-0.39, 0.29) is 6.10 Å². The standard InChI is InChI=1S/C8H10O.C6H10O2/c1-9-7-8-5-3-2-4-6-8;7-6-2-1-4-8-5-3-6/h2-6H,7H2,1H3;3,5-7H,1-2,4H2/t;6-/m.0/s1. The molecule has 0 unspecified atom stereocenters. The Morgan fingerprint density at radius 1 is 1.35 bits per heavy atom. The van der Waals surface area contributed by atoms with E-state index in [9.17, 15) is 0 Å². The van der Waals surface area contributed by atoms with Crippen molar-refractivity contribution in [2.75, 3.05) is 13.7 Å². The van der Waals surface area contributed by atoms with Gasteiger partial charge in [-0.15, -0.1) is 0 Å². The summed E-state index contributed by atoms with van der Waals surface area (Å²) >= 11 is 0. The number of methoxy groups -OCH3 is 1. The van der Waals surface area contributed by atoms with Crippen molar-refractivity contribution in [3.63, 3.8) is 0 Å². The molecule has 0 radical (unpaired) electrons. The molecule has 0 aromatic heterocycles. The first-order valence-electron chi connectivity index (χ1n) is 5.82. The van der Waals surface area contributed by atoms with Crippen LogP contribution in [0.25, 0.3) is 0 Å². The van der Waals surface area contributed by atoms with Crippen molar-refractivity contribution in [1.82, 2.24) is 0 Å². The van der Waals surface area contributed by atoms with Gasteiger partial charge in [0, 0.05) is 7.11 Å². The highest BCUT2D eigenvalue weighted by Crippen LogP contribution is 2.03. The molecule has 1 aromatic carbocycles. The van der Waals surface area contributed by atoms with Crippen molar-refractivity contribution in [2.45, 2.75) is 25.6 Å². The summed E-state index contributed by atoms with van der Waals surface area (Å²) in [7, 11) is 1.70. The average Bonchev–Trinajstić information content (AvgIpc) is 2.60. The lowest BCUT2D eigenvalue weighted by atomic mass is 10.2. The summed E-state index contributed by atoms with van der Waals surface area (Å²) in [6.07, 6.45) is 4.74. The second-order valence-corrected chi connectivity index (χ2v) is 3.83. The van der Waals surface area contributed by atoms with Crippen molar-refractivity contribution in [3.05, 3.63) is 48.2 Å². The Morgan fingerprint density at radius 3 is 2.82 bits per heavy atom. The summed E-state index contributed by atoms with van der Waals surface area (Å²) < 4.78 is 9.85. The van der Waals surface area contributed by atoms with Crippen LogP contribution in [0, 0.1) is 0 Å². The molecule has 0 saturated heterocycles. The molecule has 1 atom stereocenters. The summed E-state index contributed by atoms with van der Waals surface area (Å²) in [5.41, 5.74) is 1.22.